The second-order valence-electron chi connectivity index (χ2n) is 6.09. The number of amides is 1. The minimum atomic E-state index is -0.869. The van der Waals surface area contributed by atoms with Gasteiger partial charge in [0.05, 0.1) is 0 Å². The summed E-state index contributed by atoms with van der Waals surface area (Å²) in [6, 6.07) is 7.13. The van der Waals surface area contributed by atoms with Crippen LogP contribution in [0.2, 0.25) is 3.43 Å². The monoisotopic (exact) mass is 412 g/mol. The topological polar surface area (TPSA) is 34.0 Å². The van der Waals surface area contributed by atoms with E-state index in [1.54, 1.807) is 6.07 Å². The fraction of sp³-hybridized carbons (Fsp3) is 0.312. The average Bonchev–Trinajstić information content (AvgIpc) is 2.74. The fourth-order valence-electron chi connectivity index (χ4n) is 2.04. The summed E-state index contributed by atoms with van der Waals surface area (Å²) in [7, 11) is 1.81. The van der Waals surface area contributed by atoms with Crippen molar-refractivity contribution in [3.63, 3.8) is 0 Å². The van der Waals surface area contributed by atoms with Crippen LogP contribution in [0.15, 0.2) is 30.3 Å². The van der Waals surface area contributed by atoms with Gasteiger partial charge in [-0.05, 0) is 0 Å². The summed E-state index contributed by atoms with van der Waals surface area (Å²) in [5.74, 6) is -2.08. The molecule has 1 amide bonds. The van der Waals surface area contributed by atoms with Gasteiger partial charge in [-0.3, -0.25) is 0 Å². The molecule has 1 aromatic carbocycles. The summed E-state index contributed by atoms with van der Waals surface area (Å²) >= 11 is -0.869. The predicted octanol–water partition coefficient (Wildman–Crippen LogP) is 3.10. The molecule has 3 nitrogen and oxygen atoms in total. The van der Waals surface area contributed by atoms with Crippen LogP contribution in [0.5, 0.6) is 0 Å². The molecule has 22 heavy (non-hydrogen) atoms. The molecule has 6 heteroatoms. The van der Waals surface area contributed by atoms with Crippen LogP contribution < -0.4 is 9.03 Å². The van der Waals surface area contributed by atoms with Crippen LogP contribution in [0.3, 0.4) is 0 Å². The van der Waals surface area contributed by atoms with Gasteiger partial charge in [0.2, 0.25) is 0 Å². The first-order valence-electron chi connectivity index (χ1n) is 6.88. The molecular formula is C16H18F2N2OSn. The maximum absolute atomic E-state index is 13.6. The molecule has 2 radical (unpaired) electrons. The molecular weight excluding hydrogens is 393 g/mol. The normalized spacial score (nSPS) is 11.5. The van der Waals surface area contributed by atoms with Crippen molar-refractivity contribution >= 4 is 36.4 Å². The summed E-state index contributed by atoms with van der Waals surface area (Å²) in [5.41, 5.74) is -0.00568. The van der Waals surface area contributed by atoms with Gasteiger partial charge in [0, 0.05) is 0 Å². The van der Waals surface area contributed by atoms with Crippen molar-refractivity contribution in [3.05, 3.63) is 47.7 Å². The van der Waals surface area contributed by atoms with Crippen LogP contribution in [0.1, 0.15) is 31.3 Å². The molecule has 1 heterocycles. The van der Waals surface area contributed by atoms with Gasteiger partial charge in [-0.2, -0.15) is 0 Å². The zero-order chi connectivity index (χ0) is 16.5. The van der Waals surface area contributed by atoms with Crippen molar-refractivity contribution in [1.82, 2.24) is 4.57 Å². The first-order chi connectivity index (χ1) is 10.2. The first-order valence-corrected chi connectivity index (χ1v) is 9.74. The van der Waals surface area contributed by atoms with Gasteiger partial charge in [0.15, 0.2) is 0 Å². The van der Waals surface area contributed by atoms with Gasteiger partial charge in [0.25, 0.3) is 0 Å². The van der Waals surface area contributed by atoms with Crippen molar-refractivity contribution in [2.45, 2.75) is 24.2 Å². The van der Waals surface area contributed by atoms with E-state index in [9.17, 15) is 13.6 Å². The Hall–Kier alpha value is -1.37. The molecule has 0 spiro atoms. The Morgan fingerprint density at radius 1 is 1.14 bits per heavy atom. The van der Waals surface area contributed by atoms with Gasteiger partial charge < -0.3 is 0 Å². The van der Waals surface area contributed by atoms with E-state index in [0.717, 1.165) is 15.8 Å². The predicted molar refractivity (Wildman–Crippen MR) is 84.8 cm³/mol. The third-order valence-electron chi connectivity index (χ3n) is 3.06. The average molecular weight is 411 g/mol. The Morgan fingerprint density at radius 3 is 2.27 bits per heavy atom. The first kappa shape index (κ1) is 17.0. The summed E-state index contributed by atoms with van der Waals surface area (Å²) in [5, 5.41) is 2.32. The van der Waals surface area contributed by atoms with E-state index < -0.39 is 44.4 Å². The molecule has 0 saturated carbocycles. The summed E-state index contributed by atoms with van der Waals surface area (Å²) in [4.78, 5) is 12.3. The van der Waals surface area contributed by atoms with Gasteiger partial charge in [0.1, 0.15) is 0 Å². The number of anilines is 1. The van der Waals surface area contributed by atoms with Crippen LogP contribution in [-0.4, -0.2) is 31.6 Å². The van der Waals surface area contributed by atoms with E-state index in [2.05, 4.69) is 26.1 Å². The van der Waals surface area contributed by atoms with Crippen LogP contribution >= 0.6 is 0 Å². The Kier molecular flexibility index (Phi) is 4.94. The maximum atomic E-state index is 13.6. The van der Waals surface area contributed by atoms with Crippen molar-refractivity contribution < 1.29 is 13.6 Å². The number of nitrogens with zero attached hydrogens (tertiary/aromatic N) is 1. The van der Waals surface area contributed by atoms with Crippen LogP contribution in [0.25, 0.3) is 0 Å². The molecule has 0 unspecified atom stereocenters. The zero-order valence-corrected chi connectivity index (χ0v) is 15.9. The number of hydrogen-bond acceptors (Lipinski definition) is 1. The van der Waals surface area contributed by atoms with E-state index >= 15 is 0 Å². The number of rotatable bonds is 3. The fourth-order valence-corrected chi connectivity index (χ4v) is 5.54. The van der Waals surface area contributed by atoms with Crippen molar-refractivity contribution in [3.8, 4) is 0 Å². The molecule has 2 rings (SSSR count). The molecule has 116 valence electrons. The van der Waals surface area contributed by atoms with Gasteiger partial charge >= 0.3 is 139 Å². The third kappa shape index (κ3) is 3.88. The zero-order valence-electron chi connectivity index (χ0n) is 13.0. The molecule has 0 fully saturated rings. The van der Waals surface area contributed by atoms with Crippen molar-refractivity contribution in [2.75, 3.05) is 5.32 Å². The van der Waals surface area contributed by atoms with Crippen LogP contribution in [-0.2, 0) is 7.05 Å². The second kappa shape index (κ2) is 6.40. The molecule has 0 atom stereocenters. The number of hydrogen-bond donors (Lipinski definition) is 1. The molecule has 0 bridgehead atoms. The number of carbonyl (C=O) groups excluding carboxylic acids is 1. The van der Waals surface area contributed by atoms with Gasteiger partial charge in [-0.25, -0.2) is 0 Å². The molecule has 0 aliphatic heterocycles. The molecule has 0 aliphatic carbocycles. The Morgan fingerprint density at radius 2 is 1.73 bits per heavy atom. The van der Waals surface area contributed by atoms with Gasteiger partial charge in [-0.15, -0.1) is 0 Å². The number of para-hydroxylation sites is 1. The number of halogens is 2. The summed E-state index contributed by atoms with van der Waals surface area (Å²) < 4.78 is 30.4. The SMILES string of the molecule is Cn1[c]([Sn][C](C)(C)C)ccc1C(=O)Nc1c(F)cccc1F. The van der Waals surface area contributed by atoms with Crippen molar-refractivity contribution in [1.29, 1.82) is 0 Å². The Balaban J connectivity index is 2.24. The Labute approximate surface area is 138 Å². The number of benzene rings is 1. The third-order valence-corrected chi connectivity index (χ3v) is 7.36. The van der Waals surface area contributed by atoms with E-state index in [0.29, 0.717) is 5.69 Å². The van der Waals surface area contributed by atoms with E-state index in [4.69, 9.17) is 0 Å². The number of nitrogens with one attached hydrogen (secondary N) is 1. The van der Waals surface area contributed by atoms with E-state index in [1.807, 2.05) is 17.7 Å². The van der Waals surface area contributed by atoms with Crippen molar-refractivity contribution in [2.24, 2.45) is 7.05 Å². The van der Waals surface area contributed by atoms with Gasteiger partial charge in [-0.1, -0.05) is 0 Å². The Bertz CT molecular complexity index is 684. The molecule has 2 aromatic rings. The molecule has 1 aromatic heterocycles. The molecule has 0 saturated heterocycles. The number of aromatic nitrogens is 1. The quantitative estimate of drug-likeness (QED) is 0.775. The standard InChI is InChI=1S/C12H9F2N2O.C4H9.Sn/c1-16-7-3-6-10(16)12(17)15-11-8(13)4-2-5-9(11)14;1-4(2)3;/h2-6H,1H3,(H,15,17);1-3H3;. The summed E-state index contributed by atoms with van der Waals surface area (Å²) in [6.45, 7) is 6.54. The van der Waals surface area contributed by atoms with E-state index in [1.165, 1.54) is 6.07 Å². The number of carbonyl (C=O) groups is 1. The summed E-state index contributed by atoms with van der Waals surface area (Å²) in [6.07, 6.45) is 0. The molecule has 0 aliphatic rings. The van der Waals surface area contributed by atoms with Crippen LogP contribution in [0, 0.1) is 11.6 Å². The van der Waals surface area contributed by atoms with E-state index in [-0.39, 0.29) is 3.43 Å². The molecule has 1 N–H and O–H groups in total. The van der Waals surface area contributed by atoms with Crippen LogP contribution in [0.4, 0.5) is 14.5 Å². The second-order valence-corrected chi connectivity index (χ2v) is 12.5. The minimum absolute atomic E-state index is 0.251.